The fourth-order valence-corrected chi connectivity index (χ4v) is 2.19. The van der Waals surface area contributed by atoms with E-state index >= 15 is 0 Å². The molecule has 110 valence electrons. The third kappa shape index (κ3) is 5.79. The van der Waals surface area contributed by atoms with E-state index in [0.29, 0.717) is 0 Å². The third-order valence-corrected chi connectivity index (χ3v) is 3.47. The molecule has 1 aromatic rings. The van der Waals surface area contributed by atoms with Gasteiger partial charge >= 0.3 is 0 Å². The number of nitrogens with zero attached hydrogens (tertiary/aromatic N) is 1. The molecule has 0 unspecified atom stereocenters. The maximum atomic E-state index is 5.82. The smallest absolute Gasteiger partial charge is 0.118 e. The lowest BCUT2D eigenvalue weighted by Crippen LogP contribution is -2.24. The molecule has 1 N–H and O–H groups in total. The van der Waals surface area contributed by atoms with Crippen LogP contribution >= 0.6 is 0 Å². The number of nitrogens with one attached hydrogen (secondary N) is 1. The van der Waals surface area contributed by atoms with Crippen LogP contribution in [0.2, 0.25) is 0 Å². The van der Waals surface area contributed by atoms with Crippen molar-refractivity contribution in [1.82, 2.24) is 10.2 Å². The minimum Gasteiger partial charge on any atom is -0.465 e. The van der Waals surface area contributed by atoms with Gasteiger partial charge in [-0.25, -0.2) is 0 Å². The normalized spacial score (nSPS) is 11.4. The van der Waals surface area contributed by atoms with E-state index in [9.17, 15) is 0 Å². The lowest BCUT2D eigenvalue weighted by Gasteiger charge is -2.19. The summed E-state index contributed by atoms with van der Waals surface area (Å²) in [6, 6.07) is 2.21. The summed E-state index contributed by atoms with van der Waals surface area (Å²) in [5, 5.41) is 3.39. The minimum atomic E-state index is 0.843. The van der Waals surface area contributed by atoms with E-state index in [4.69, 9.17) is 4.42 Å². The number of rotatable bonds is 10. The third-order valence-electron chi connectivity index (χ3n) is 3.47. The molecule has 3 heteroatoms. The number of furan rings is 1. The average Bonchev–Trinajstić information content (AvgIpc) is 2.75. The van der Waals surface area contributed by atoms with Crippen LogP contribution in [0.5, 0.6) is 0 Å². The average molecular weight is 266 g/mol. The Labute approximate surface area is 118 Å². The molecule has 0 bridgehead atoms. The predicted molar refractivity (Wildman–Crippen MR) is 81.3 cm³/mol. The Morgan fingerprint density at radius 3 is 2.63 bits per heavy atom. The molecule has 0 saturated heterocycles. The first-order valence-electron chi connectivity index (χ1n) is 7.72. The number of hydrogen-bond acceptors (Lipinski definition) is 3. The summed E-state index contributed by atoms with van der Waals surface area (Å²) in [6.07, 6.45) is 3.69. The van der Waals surface area contributed by atoms with Crippen LogP contribution in [0, 0.1) is 6.92 Å². The fourth-order valence-electron chi connectivity index (χ4n) is 2.19. The molecule has 0 saturated carbocycles. The van der Waals surface area contributed by atoms with Crippen molar-refractivity contribution in [3.63, 3.8) is 0 Å². The maximum Gasteiger partial charge on any atom is 0.118 e. The van der Waals surface area contributed by atoms with Gasteiger partial charge in [-0.2, -0.15) is 0 Å². The molecule has 1 rings (SSSR count). The molecule has 0 amide bonds. The molecule has 0 fully saturated rings. The van der Waals surface area contributed by atoms with Gasteiger partial charge in [-0.05, 0) is 45.5 Å². The first-order chi connectivity index (χ1) is 9.21. The van der Waals surface area contributed by atoms with Gasteiger partial charge in [-0.1, -0.05) is 27.2 Å². The highest BCUT2D eigenvalue weighted by molar-refractivity contribution is 5.20. The first-order valence-corrected chi connectivity index (χ1v) is 7.72. The largest absolute Gasteiger partial charge is 0.465 e. The van der Waals surface area contributed by atoms with Crippen molar-refractivity contribution in [1.29, 1.82) is 0 Å². The van der Waals surface area contributed by atoms with Crippen molar-refractivity contribution in [2.24, 2.45) is 0 Å². The van der Waals surface area contributed by atoms with Gasteiger partial charge in [0.1, 0.15) is 11.5 Å². The van der Waals surface area contributed by atoms with Crippen LogP contribution in [0.3, 0.4) is 0 Å². The molecule has 3 nitrogen and oxygen atoms in total. The van der Waals surface area contributed by atoms with E-state index in [1.807, 2.05) is 0 Å². The Morgan fingerprint density at radius 1 is 1.21 bits per heavy atom. The highest BCUT2D eigenvalue weighted by Gasteiger charge is 2.10. The zero-order valence-electron chi connectivity index (χ0n) is 13.1. The maximum absolute atomic E-state index is 5.82. The highest BCUT2D eigenvalue weighted by Crippen LogP contribution is 2.17. The topological polar surface area (TPSA) is 28.4 Å². The van der Waals surface area contributed by atoms with Crippen LogP contribution in [-0.4, -0.2) is 24.5 Å². The molecule has 0 aromatic carbocycles. The fraction of sp³-hybridized carbons (Fsp3) is 0.750. The minimum absolute atomic E-state index is 0.843. The van der Waals surface area contributed by atoms with Gasteiger partial charge in [-0.15, -0.1) is 0 Å². The van der Waals surface area contributed by atoms with Crippen molar-refractivity contribution < 1.29 is 4.42 Å². The second-order valence-electron chi connectivity index (χ2n) is 5.19. The summed E-state index contributed by atoms with van der Waals surface area (Å²) in [4.78, 5) is 2.49. The molecule has 0 atom stereocenters. The van der Waals surface area contributed by atoms with E-state index in [2.05, 4.69) is 44.0 Å². The molecule has 0 aliphatic heterocycles. The summed E-state index contributed by atoms with van der Waals surface area (Å²) >= 11 is 0. The van der Waals surface area contributed by atoms with Crippen LogP contribution in [0.1, 0.15) is 57.1 Å². The molecule has 0 spiro atoms. The van der Waals surface area contributed by atoms with E-state index in [1.165, 1.54) is 24.9 Å². The van der Waals surface area contributed by atoms with Crippen LogP contribution in [0.25, 0.3) is 0 Å². The molecule has 0 aliphatic carbocycles. The number of unbranched alkanes of at least 4 members (excludes halogenated alkanes) is 1. The van der Waals surface area contributed by atoms with Crippen LogP contribution < -0.4 is 5.32 Å². The van der Waals surface area contributed by atoms with Crippen LogP contribution in [0.4, 0.5) is 0 Å². The predicted octanol–water partition coefficient (Wildman–Crippen LogP) is 3.71. The Bertz CT molecular complexity index is 347. The molecule has 0 aliphatic rings. The van der Waals surface area contributed by atoms with Crippen LogP contribution in [-0.2, 0) is 13.1 Å². The Morgan fingerprint density at radius 2 is 2.00 bits per heavy atom. The standard InChI is InChI=1S/C16H30N2O/c1-5-8-10-18(7-3)13-15-11-16(19-14(15)4)12-17-9-6-2/h11,17H,5-10,12-13H2,1-4H3. The Balaban J connectivity index is 2.52. The lowest BCUT2D eigenvalue weighted by atomic mass is 10.2. The van der Waals surface area contributed by atoms with Gasteiger partial charge in [0, 0.05) is 12.1 Å². The zero-order valence-corrected chi connectivity index (χ0v) is 13.1. The van der Waals surface area contributed by atoms with E-state index in [-0.39, 0.29) is 0 Å². The first kappa shape index (κ1) is 16.3. The lowest BCUT2D eigenvalue weighted by molar-refractivity contribution is 0.273. The quantitative estimate of drug-likeness (QED) is 0.654. The number of hydrogen-bond donors (Lipinski definition) is 1. The van der Waals surface area contributed by atoms with Gasteiger partial charge < -0.3 is 9.73 Å². The van der Waals surface area contributed by atoms with Gasteiger partial charge in [-0.3, -0.25) is 4.90 Å². The summed E-state index contributed by atoms with van der Waals surface area (Å²) in [6.45, 7) is 13.9. The molecule has 19 heavy (non-hydrogen) atoms. The summed E-state index contributed by atoms with van der Waals surface area (Å²) in [7, 11) is 0. The van der Waals surface area contributed by atoms with Crippen molar-refractivity contribution >= 4 is 0 Å². The highest BCUT2D eigenvalue weighted by atomic mass is 16.3. The van der Waals surface area contributed by atoms with Gasteiger partial charge in [0.25, 0.3) is 0 Å². The number of aryl methyl sites for hydroxylation is 1. The molecule has 0 radical (unpaired) electrons. The van der Waals surface area contributed by atoms with Gasteiger partial charge in [0.2, 0.25) is 0 Å². The Hall–Kier alpha value is -0.800. The van der Waals surface area contributed by atoms with Crippen molar-refractivity contribution in [3.8, 4) is 0 Å². The summed E-state index contributed by atoms with van der Waals surface area (Å²) in [5.74, 6) is 2.13. The second-order valence-corrected chi connectivity index (χ2v) is 5.19. The van der Waals surface area contributed by atoms with E-state index in [0.717, 1.165) is 44.1 Å². The summed E-state index contributed by atoms with van der Waals surface area (Å²) < 4.78 is 5.82. The van der Waals surface area contributed by atoms with E-state index < -0.39 is 0 Å². The molecule has 1 heterocycles. The SMILES string of the molecule is CCCCN(CC)Cc1cc(CNCCC)oc1C. The molecular weight excluding hydrogens is 236 g/mol. The van der Waals surface area contributed by atoms with Crippen LogP contribution in [0.15, 0.2) is 10.5 Å². The van der Waals surface area contributed by atoms with Crippen molar-refractivity contribution in [3.05, 3.63) is 23.2 Å². The van der Waals surface area contributed by atoms with Gasteiger partial charge in [0.15, 0.2) is 0 Å². The van der Waals surface area contributed by atoms with Crippen molar-refractivity contribution in [2.75, 3.05) is 19.6 Å². The second kappa shape index (κ2) is 9.16. The van der Waals surface area contributed by atoms with Crippen molar-refractivity contribution in [2.45, 2.75) is 60.0 Å². The van der Waals surface area contributed by atoms with E-state index in [1.54, 1.807) is 0 Å². The summed E-state index contributed by atoms with van der Waals surface area (Å²) in [5.41, 5.74) is 1.34. The zero-order chi connectivity index (χ0) is 14.1. The molecule has 1 aromatic heterocycles. The molecular formula is C16H30N2O. The van der Waals surface area contributed by atoms with Gasteiger partial charge in [0.05, 0.1) is 6.54 Å². The Kier molecular flexibility index (Phi) is 7.84. The monoisotopic (exact) mass is 266 g/mol.